The number of rotatable bonds is 8. The quantitative estimate of drug-likeness (QED) is 0.479. The highest BCUT2D eigenvalue weighted by Gasteiger charge is 2.34. The molecule has 3 amide bonds. The van der Waals surface area contributed by atoms with Crippen molar-refractivity contribution >= 4 is 34.2 Å². The van der Waals surface area contributed by atoms with Crippen LogP contribution >= 0.6 is 11.3 Å². The minimum absolute atomic E-state index is 0.0752. The number of piperidine rings is 2. The van der Waals surface area contributed by atoms with Gasteiger partial charge in [-0.2, -0.15) is 0 Å². The van der Waals surface area contributed by atoms with Gasteiger partial charge in [-0.3, -0.25) is 14.9 Å². The predicted octanol–water partition coefficient (Wildman–Crippen LogP) is 4.50. The van der Waals surface area contributed by atoms with Gasteiger partial charge in [0.25, 0.3) is 0 Å². The summed E-state index contributed by atoms with van der Waals surface area (Å²) in [6.07, 6.45) is 4.45. The van der Waals surface area contributed by atoms with Gasteiger partial charge in [-0.15, -0.1) is 0 Å². The molecule has 2 saturated heterocycles. The second kappa shape index (κ2) is 12.8. The largest absolute Gasteiger partial charge is 0.341 e. The van der Waals surface area contributed by atoms with Crippen LogP contribution in [0, 0.1) is 24.6 Å². The molecule has 0 radical (unpaired) electrons. The van der Waals surface area contributed by atoms with Gasteiger partial charge < -0.3 is 15.1 Å². The van der Waals surface area contributed by atoms with Crippen LogP contribution < -0.4 is 10.6 Å². The third kappa shape index (κ3) is 7.38. The van der Waals surface area contributed by atoms with Crippen LogP contribution in [0.3, 0.4) is 0 Å². The summed E-state index contributed by atoms with van der Waals surface area (Å²) in [7, 11) is 0. The molecule has 1 aromatic carbocycles. The zero-order valence-corrected chi connectivity index (χ0v) is 23.3. The van der Waals surface area contributed by atoms with Gasteiger partial charge >= 0.3 is 6.03 Å². The van der Waals surface area contributed by atoms with Crippen LogP contribution in [0.15, 0.2) is 24.3 Å². The zero-order valence-electron chi connectivity index (χ0n) is 22.5. The third-order valence-corrected chi connectivity index (χ3v) is 8.77. The van der Waals surface area contributed by atoms with Crippen LogP contribution in [0.5, 0.6) is 0 Å². The second-order valence-corrected chi connectivity index (χ2v) is 11.5. The summed E-state index contributed by atoms with van der Waals surface area (Å²) in [5, 5.41) is 6.28. The number of amides is 3. The number of halogens is 1. The number of carbonyl (C=O) groups excluding carboxylic acids is 3. The Morgan fingerprint density at radius 3 is 2.58 bits per heavy atom. The lowest BCUT2D eigenvalue weighted by molar-refractivity contribution is -0.132. The van der Waals surface area contributed by atoms with Gasteiger partial charge in [-0.25, -0.2) is 14.2 Å². The van der Waals surface area contributed by atoms with Crippen molar-refractivity contribution in [2.45, 2.75) is 58.9 Å². The number of thiazole rings is 1. The number of anilines is 1. The maximum absolute atomic E-state index is 13.3. The summed E-state index contributed by atoms with van der Waals surface area (Å²) in [6.45, 7) is 9.10. The van der Waals surface area contributed by atoms with Gasteiger partial charge in [0.05, 0.1) is 16.6 Å². The zero-order chi connectivity index (χ0) is 27.2. The molecule has 3 heterocycles. The molecule has 0 saturated carbocycles. The van der Waals surface area contributed by atoms with Gasteiger partial charge in [0.1, 0.15) is 5.82 Å². The molecule has 2 aliphatic heterocycles. The number of nitrogens with one attached hydrogen (secondary N) is 2. The Balaban J connectivity index is 1.39. The fraction of sp³-hybridized carbons (Fsp3) is 0.571. The fourth-order valence-electron chi connectivity index (χ4n) is 5.68. The fourth-order valence-corrected chi connectivity index (χ4v) is 6.54. The van der Waals surface area contributed by atoms with E-state index >= 15 is 0 Å². The van der Waals surface area contributed by atoms with E-state index in [1.165, 1.54) is 30.4 Å². The molecule has 0 spiro atoms. The van der Waals surface area contributed by atoms with Crippen molar-refractivity contribution in [1.29, 1.82) is 0 Å². The Morgan fingerprint density at radius 1 is 1.13 bits per heavy atom. The van der Waals surface area contributed by atoms with E-state index in [0.717, 1.165) is 50.9 Å². The molecule has 1 aromatic heterocycles. The van der Waals surface area contributed by atoms with E-state index in [1.807, 2.05) is 24.0 Å². The van der Waals surface area contributed by atoms with Crippen LogP contribution in [0.25, 0.3) is 0 Å². The number of urea groups is 1. The van der Waals surface area contributed by atoms with E-state index in [-0.39, 0.29) is 35.5 Å². The van der Waals surface area contributed by atoms with Crippen LogP contribution in [0.1, 0.15) is 60.5 Å². The smallest absolute Gasteiger partial charge is 0.321 e. The SMILES string of the molecule is CCC(=O)N1CC[C@@H](CN2CCCC(Cc3ccc(F)cc3)C2)[C@@H](NC(=O)Nc2nc(C)c(C(C)=O)s2)C1. The summed E-state index contributed by atoms with van der Waals surface area (Å²) in [4.78, 5) is 46.3. The molecule has 1 unspecified atom stereocenters. The molecular formula is C28H38FN5O3S. The number of aryl methyl sites for hydroxylation is 1. The molecule has 8 nitrogen and oxygen atoms in total. The summed E-state index contributed by atoms with van der Waals surface area (Å²) in [6, 6.07) is 6.23. The van der Waals surface area contributed by atoms with Crippen LogP contribution in [-0.4, -0.2) is 71.3 Å². The van der Waals surface area contributed by atoms with Crippen molar-refractivity contribution in [1.82, 2.24) is 20.1 Å². The van der Waals surface area contributed by atoms with E-state index in [9.17, 15) is 18.8 Å². The lowest BCUT2D eigenvalue weighted by Gasteiger charge is -2.42. The lowest BCUT2D eigenvalue weighted by atomic mass is 9.87. The average molecular weight is 544 g/mol. The van der Waals surface area contributed by atoms with Crippen molar-refractivity contribution in [2.75, 3.05) is 38.0 Å². The first-order chi connectivity index (χ1) is 18.2. The summed E-state index contributed by atoms with van der Waals surface area (Å²) >= 11 is 1.17. The van der Waals surface area contributed by atoms with E-state index in [2.05, 4.69) is 20.5 Å². The highest BCUT2D eigenvalue weighted by molar-refractivity contribution is 7.17. The molecular weight excluding hydrogens is 505 g/mol. The highest BCUT2D eigenvalue weighted by atomic mass is 32.1. The van der Waals surface area contributed by atoms with Gasteiger partial charge in [-0.05, 0) is 68.7 Å². The number of nitrogens with zero attached hydrogens (tertiary/aromatic N) is 3. The Kier molecular flexibility index (Phi) is 9.49. The number of likely N-dealkylation sites (tertiary alicyclic amines) is 2. The predicted molar refractivity (Wildman–Crippen MR) is 147 cm³/mol. The van der Waals surface area contributed by atoms with Crippen molar-refractivity contribution < 1.29 is 18.8 Å². The molecule has 2 aromatic rings. The first-order valence-electron chi connectivity index (χ1n) is 13.5. The topological polar surface area (TPSA) is 94.6 Å². The Morgan fingerprint density at radius 2 is 1.89 bits per heavy atom. The van der Waals surface area contributed by atoms with Crippen LogP contribution in [-0.2, 0) is 11.2 Å². The molecule has 206 valence electrons. The highest BCUT2D eigenvalue weighted by Crippen LogP contribution is 2.26. The molecule has 0 bridgehead atoms. The van der Waals surface area contributed by atoms with E-state index in [4.69, 9.17) is 0 Å². The van der Waals surface area contributed by atoms with Gasteiger partial charge in [-0.1, -0.05) is 30.4 Å². The second-order valence-electron chi connectivity index (χ2n) is 10.5. The summed E-state index contributed by atoms with van der Waals surface area (Å²) < 4.78 is 13.3. The van der Waals surface area contributed by atoms with Crippen molar-refractivity contribution in [3.63, 3.8) is 0 Å². The summed E-state index contributed by atoms with van der Waals surface area (Å²) in [5.74, 6) is 0.522. The number of Topliss-reactive ketones (excluding diaryl/α,β-unsaturated/α-hetero) is 1. The number of carbonyl (C=O) groups is 3. The van der Waals surface area contributed by atoms with E-state index < -0.39 is 0 Å². The first kappa shape index (κ1) is 28.2. The maximum atomic E-state index is 13.3. The molecule has 2 N–H and O–H groups in total. The summed E-state index contributed by atoms with van der Waals surface area (Å²) in [5.41, 5.74) is 1.76. The van der Waals surface area contributed by atoms with Crippen LogP contribution in [0.4, 0.5) is 14.3 Å². The molecule has 0 aliphatic carbocycles. The van der Waals surface area contributed by atoms with E-state index in [1.54, 1.807) is 6.92 Å². The standard InChI is InChI=1S/C28H38FN5O3S/c1-4-25(36)34-13-11-22(16-33-12-5-6-21(15-33)14-20-7-9-23(29)10-8-20)24(17-34)31-27(37)32-28-30-18(2)26(38-28)19(3)35/h7-10,21-22,24H,4-6,11-17H2,1-3H3,(H2,30,31,32,37)/t21?,22-,24-/m0/s1. The Bertz CT molecular complexity index is 1140. The maximum Gasteiger partial charge on any atom is 0.321 e. The van der Waals surface area contributed by atoms with E-state index in [0.29, 0.717) is 41.1 Å². The monoisotopic (exact) mass is 543 g/mol. The third-order valence-electron chi connectivity index (χ3n) is 7.60. The van der Waals surface area contributed by atoms with Crippen molar-refractivity contribution in [3.05, 3.63) is 46.2 Å². The van der Waals surface area contributed by atoms with Crippen molar-refractivity contribution in [3.8, 4) is 0 Å². The van der Waals surface area contributed by atoms with Crippen LogP contribution in [0.2, 0.25) is 0 Å². The van der Waals surface area contributed by atoms with Crippen molar-refractivity contribution in [2.24, 2.45) is 11.8 Å². The molecule has 38 heavy (non-hydrogen) atoms. The number of hydrogen-bond donors (Lipinski definition) is 2. The van der Waals surface area contributed by atoms with Gasteiger partial charge in [0.2, 0.25) is 5.91 Å². The number of ketones is 1. The first-order valence-corrected chi connectivity index (χ1v) is 14.3. The molecule has 4 rings (SSSR count). The molecule has 2 aliphatic rings. The minimum atomic E-state index is -0.373. The normalized spacial score (nSPS) is 22.2. The minimum Gasteiger partial charge on any atom is -0.341 e. The number of hydrogen-bond acceptors (Lipinski definition) is 6. The Hall–Kier alpha value is -2.85. The number of benzene rings is 1. The molecule has 10 heteroatoms. The Labute approximate surface area is 228 Å². The number of aromatic nitrogens is 1. The average Bonchev–Trinajstić information content (AvgIpc) is 3.26. The molecule has 2 fully saturated rings. The van der Waals surface area contributed by atoms with Gasteiger partial charge in [0.15, 0.2) is 10.9 Å². The van der Waals surface area contributed by atoms with Gasteiger partial charge in [0, 0.05) is 39.5 Å². The molecule has 3 atom stereocenters. The lowest BCUT2D eigenvalue weighted by Crippen LogP contribution is -2.57.